The largest absolute Gasteiger partial charge is 0.330 e. The summed E-state index contributed by atoms with van der Waals surface area (Å²) >= 11 is 2.09. The number of rotatable bonds is 3. The third kappa shape index (κ3) is 3.05. The summed E-state index contributed by atoms with van der Waals surface area (Å²) in [6.45, 7) is 5.18. The molecule has 1 aromatic rings. The quantitative estimate of drug-likeness (QED) is 0.887. The molecule has 1 nitrogen and oxygen atoms in total. The number of thioether (sulfide) groups is 1. The molecule has 0 aliphatic carbocycles. The Morgan fingerprint density at radius 3 is 2.65 bits per heavy atom. The van der Waals surface area contributed by atoms with Crippen LogP contribution in [0.3, 0.4) is 0 Å². The van der Waals surface area contributed by atoms with Gasteiger partial charge in [-0.2, -0.15) is 11.8 Å². The molecule has 17 heavy (non-hydrogen) atoms. The van der Waals surface area contributed by atoms with Crippen molar-refractivity contribution < 1.29 is 0 Å². The molecule has 1 saturated heterocycles. The highest BCUT2D eigenvalue weighted by Gasteiger charge is 2.25. The van der Waals surface area contributed by atoms with Crippen LogP contribution < -0.4 is 5.73 Å². The molecule has 0 saturated carbocycles. The van der Waals surface area contributed by atoms with Gasteiger partial charge in [0.15, 0.2) is 0 Å². The van der Waals surface area contributed by atoms with Crippen molar-refractivity contribution in [1.82, 2.24) is 0 Å². The zero-order valence-corrected chi connectivity index (χ0v) is 11.7. The average Bonchev–Trinajstić information content (AvgIpc) is 2.36. The molecule has 0 amide bonds. The minimum Gasteiger partial charge on any atom is -0.330 e. The van der Waals surface area contributed by atoms with Crippen molar-refractivity contribution >= 4 is 11.8 Å². The summed E-state index contributed by atoms with van der Waals surface area (Å²) in [6, 6.07) is 6.78. The van der Waals surface area contributed by atoms with Gasteiger partial charge < -0.3 is 5.73 Å². The fraction of sp³-hybridized carbons (Fsp3) is 0.600. The Balaban J connectivity index is 2.24. The Morgan fingerprint density at radius 2 is 2.00 bits per heavy atom. The van der Waals surface area contributed by atoms with E-state index in [0.717, 1.165) is 12.5 Å². The van der Waals surface area contributed by atoms with Crippen LogP contribution in [0.25, 0.3) is 0 Å². The fourth-order valence-corrected chi connectivity index (χ4v) is 3.99. The summed E-state index contributed by atoms with van der Waals surface area (Å²) in [5, 5.41) is 0. The zero-order valence-electron chi connectivity index (χ0n) is 10.9. The molecule has 2 heteroatoms. The lowest BCUT2D eigenvalue weighted by atomic mass is 9.80. The van der Waals surface area contributed by atoms with Crippen LogP contribution in [0.15, 0.2) is 18.2 Å². The summed E-state index contributed by atoms with van der Waals surface area (Å²) in [6.07, 6.45) is 2.67. The lowest BCUT2D eigenvalue weighted by Gasteiger charge is -2.30. The van der Waals surface area contributed by atoms with Gasteiger partial charge in [0.1, 0.15) is 0 Å². The lowest BCUT2D eigenvalue weighted by Crippen LogP contribution is -2.25. The number of nitrogens with two attached hydrogens (primary N) is 1. The molecule has 1 aliphatic rings. The zero-order chi connectivity index (χ0) is 12.3. The Morgan fingerprint density at radius 1 is 1.29 bits per heavy atom. The second-order valence-corrected chi connectivity index (χ2v) is 6.38. The summed E-state index contributed by atoms with van der Waals surface area (Å²) in [5.74, 6) is 3.98. The van der Waals surface area contributed by atoms with Crippen molar-refractivity contribution in [3.63, 3.8) is 0 Å². The lowest BCUT2D eigenvalue weighted by molar-refractivity contribution is 0.399. The predicted octanol–water partition coefficient (Wildman–Crippen LogP) is 3.49. The smallest absolute Gasteiger partial charge is 0.000545 e. The van der Waals surface area contributed by atoms with Crippen molar-refractivity contribution in [3.8, 4) is 0 Å². The highest BCUT2D eigenvalue weighted by molar-refractivity contribution is 7.99. The molecule has 1 aromatic carbocycles. The van der Waals surface area contributed by atoms with Crippen LogP contribution in [0.2, 0.25) is 0 Å². The van der Waals surface area contributed by atoms with Crippen LogP contribution in [0.5, 0.6) is 0 Å². The molecule has 1 unspecified atom stereocenters. The van der Waals surface area contributed by atoms with Crippen LogP contribution in [0.1, 0.15) is 35.4 Å². The molecule has 0 radical (unpaired) electrons. The Hall–Kier alpha value is -0.470. The first-order valence-corrected chi connectivity index (χ1v) is 7.73. The van der Waals surface area contributed by atoms with Gasteiger partial charge in [-0.3, -0.25) is 0 Å². The second kappa shape index (κ2) is 5.92. The minimum atomic E-state index is 0.566. The summed E-state index contributed by atoms with van der Waals surface area (Å²) in [5.41, 5.74) is 10.3. The topological polar surface area (TPSA) is 26.0 Å². The van der Waals surface area contributed by atoms with Crippen LogP contribution in [-0.2, 0) is 0 Å². The predicted molar refractivity (Wildman–Crippen MR) is 77.8 cm³/mol. The third-order valence-corrected chi connectivity index (χ3v) is 4.97. The van der Waals surface area contributed by atoms with E-state index in [4.69, 9.17) is 5.73 Å². The van der Waals surface area contributed by atoms with Crippen LogP contribution in [-0.4, -0.2) is 18.1 Å². The molecule has 1 aliphatic heterocycles. The average molecular weight is 249 g/mol. The summed E-state index contributed by atoms with van der Waals surface area (Å²) < 4.78 is 0. The summed E-state index contributed by atoms with van der Waals surface area (Å²) in [7, 11) is 0. The molecule has 1 fully saturated rings. The maximum absolute atomic E-state index is 6.05. The molecule has 2 N–H and O–H groups in total. The van der Waals surface area contributed by atoms with Gasteiger partial charge >= 0.3 is 0 Å². The van der Waals surface area contributed by atoms with E-state index in [1.165, 1.54) is 41.0 Å². The molecule has 0 aromatic heterocycles. The molecule has 2 rings (SSSR count). The number of aryl methyl sites for hydroxylation is 2. The molecule has 0 bridgehead atoms. The van der Waals surface area contributed by atoms with E-state index in [0.29, 0.717) is 5.92 Å². The number of benzene rings is 1. The third-order valence-electron chi connectivity index (χ3n) is 3.92. The monoisotopic (exact) mass is 249 g/mol. The fourth-order valence-electron chi connectivity index (χ4n) is 2.85. The molecule has 1 atom stereocenters. The second-order valence-electron chi connectivity index (χ2n) is 5.15. The number of hydrogen-bond donors (Lipinski definition) is 1. The molecule has 0 spiro atoms. The van der Waals surface area contributed by atoms with Crippen LogP contribution in [0, 0.1) is 19.8 Å². The van der Waals surface area contributed by atoms with Gasteiger partial charge in [-0.15, -0.1) is 0 Å². The SMILES string of the molecule is Cc1ccc(C)c(C(CN)C2CCSCC2)c1. The molecule has 1 heterocycles. The van der Waals surface area contributed by atoms with Crippen molar-refractivity contribution in [1.29, 1.82) is 0 Å². The Kier molecular flexibility index (Phi) is 4.52. The van der Waals surface area contributed by atoms with Gasteiger partial charge in [0.2, 0.25) is 0 Å². The van der Waals surface area contributed by atoms with E-state index in [1.54, 1.807) is 0 Å². The maximum Gasteiger partial charge on any atom is -0.000545 e. The maximum atomic E-state index is 6.05. The summed E-state index contributed by atoms with van der Waals surface area (Å²) in [4.78, 5) is 0. The molecule has 94 valence electrons. The van der Waals surface area contributed by atoms with E-state index >= 15 is 0 Å². The van der Waals surface area contributed by atoms with Gasteiger partial charge in [-0.1, -0.05) is 23.8 Å². The first-order valence-electron chi connectivity index (χ1n) is 6.57. The van der Waals surface area contributed by atoms with Crippen molar-refractivity contribution in [2.24, 2.45) is 11.7 Å². The van der Waals surface area contributed by atoms with Gasteiger partial charge in [0, 0.05) is 0 Å². The minimum absolute atomic E-state index is 0.566. The van der Waals surface area contributed by atoms with E-state index < -0.39 is 0 Å². The highest BCUT2D eigenvalue weighted by Crippen LogP contribution is 2.36. The van der Waals surface area contributed by atoms with Gasteiger partial charge in [0.25, 0.3) is 0 Å². The van der Waals surface area contributed by atoms with Crippen LogP contribution >= 0.6 is 11.8 Å². The van der Waals surface area contributed by atoms with Gasteiger partial charge in [-0.05, 0) is 67.7 Å². The van der Waals surface area contributed by atoms with E-state index in [1.807, 2.05) is 0 Å². The van der Waals surface area contributed by atoms with E-state index in [9.17, 15) is 0 Å². The van der Waals surface area contributed by atoms with E-state index in [-0.39, 0.29) is 0 Å². The molecular formula is C15H23NS. The standard InChI is InChI=1S/C15H23NS/c1-11-3-4-12(2)14(9-11)15(10-16)13-5-7-17-8-6-13/h3-4,9,13,15H,5-8,10,16H2,1-2H3. The van der Waals surface area contributed by atoms with Crippen molar-refractivity contribution in [2.45, 2.75) is 32.6 Å². The first-order chi connectivity index (χ1) is 8.22. The van der Waals surface area contributed by atoms with E-state index in [2.05, 4.69) is 43.8 Å². The number of hydrogen-bond acceptors (Lipinski definition) is 2. The molecular weight excluding hydrogens is 226 g/mol. The Labute approximate surface area is 109 Å². The Bertz CT molecular complexity index is 369. The van der Waals surface area contributed by atoms with Crippen LogP contribution in [0.4, 0.5) is 0 Å². The van der Waals surface area contributed by atoms with Gasteiger partial charge in [0.05, 0.1) is 0 Å². The normalized spacial score (nSPS) is 19.2. The first kappa shape index (κ1) is 13.0. The van der Waals surface area contributed by atoms with Crippen molar-refractivity contribution in [2.75, 3.05) is 18.1 Å². The highest BCUT2D eigenvalue weighted by atomic mass is 32.2. The van der Waals surface area contributed by atoms with Crippen molar-refractivity contribution in [3.05, 3.63) is 34.9 Å². The van der Waals surface area contributed by atoms with Gasteiger partial charge in [-0.25, -0.2) is 0 Å².